The highest BCUT2D eigenvalue weighted by Crippen LogP contribution is 2.29. The van der Waals surface area contributed by atoms with Crippen molar-refractivity contribution in [3.63, 3.8) is 0 Å². The summed E-state index contributed by atoms with van der Waals surface area (Å²) in [5.41, 5.74) is 2.85. The molecule has 26 heavy (non-hydrogen) atoms. The molecule has 0 nitrogen and oxygen atoms in total. The van der Waals surface area contributed by atoms with Crippen LogP contribution in [0.4, 0.5) is 8.78 Å². The van der Waals surface area contributed by atoms with Crippen molar-refractivity contribution < 1.29 is 8.78 Å². The first-order chi connectivity index (χ1) is 12.5. The van der Waals surface area contributed by atoms with Gasteiger partial charge in [-0.2, -0.15) is 0 Å². The van der Waals surface area contributed by atoms with Crippen molar-refractivity contribution in [2.75, 3.05) is 0 Å². The second-order valence-corrected chi connectivity index (χ2v) is 7.53. The van der Waals surface area contributed by atoms with Gasteiger partial charge >= 0.3 is 0 Å². The molecule has 142 valence electrons. The van der Waals surface area contributed by atoms with Crippen molar-refractivity contribution in [3.8, 4) is 0 Å². The molecule has 0 aromatic heterocycles. The molecule has 0 spiro atoms. The predicted octanol–water partition coefficient (Wildman–Crippen LogP) is 8.08. The molecule has 0 amide bonds. The summed E-state index contributed by atoms with van der Waals surface area (Å²) in [6, 6.07) is 0. The number of hydrogen-bond acceptors (Lipinski definition) is 0. The Labute approximate surface area is 157 Å². The number of allylic oxidation sites excluding steroid dienone is 11. The van der Waals surface area contributed by atoms with Gasteiger partial charge in [-0.25, -0.2) is 8.78 Å². The topological polar surface area (TPSA) is 0 Å². The number of halogens is 2. The lowest BCUT2D eigenvalue weighted by Gasteiger charge is -2.15. The highest BCUT2D eigenvalue weighted by molar-refractivity contribution is 5.30. The molecular formula is C24H32F2. The normalized spacial score (nSPS) is 21.8. The molecule has 0 aromatic carbocycles. The lowest BCUT2D eigenvalue weighted by molar-refractivity contribution is 0.487. The molecule has 0 N–H and O–H groups in total. The van der Waals surface area contributed by atoms with Gasteiger partial charge in [0, 0.05) is 5.92 Å². The Balaban J connectivity index is 1.83. The smallest absolute Gasteiger partial charge is 0.122 e. The van der Waals surface area contributed by atoms with Crippen molar-refractivity contribution in [1.29, 1.82) is 0 Å². The fraction of sp³-hybridized carbons (Fsp3) is 0.500. The molecule has 0 saturated heterocycles. The van der Waals surface area contributed by atoms with Crippen LogP contribution in [0.1, 0.15) is 65.2 Å². The lowest BCUT2D eigenvalue weighted by atomic mass is 9.92. The first-order valence-electron chi connectivity index (χ1n) is 9.96. The van der Waals surface area contributed by atoms with Crippen molar-refractivity contribution in [1.82, 2.24) is 0 Å². The maximum atomic E-state index is 14.5. The van der Waals surface area contributed by atoms with Gasteiger partial charge in [-0.1, -0.05) is 50.3 Å². The summed E-state index contributed by atoms with van der Waals surface area (Å²) in [4.78, 5) is 0. The van der Waals surface area contributed by atoms with Crippen molar-refractivity contribution in [2.45, 2.75) is 65.2 Å². The molecule has 2 aliphatic rings. The van der Waals surface area contributed by atoms with E-state index < -0.39 is 0 Å². The summed E-state index contributed by atoms with van der Waals surface area (Å²) < 4.78 is 28.2. The predicted molar refractivity (Wildman–Crippen MR) is 108 cm³/mol. The Morgan fingerprint density at radius 1 is 1.27 bits per heavy atom. The van der Waals surface area contributed by atoms with Crippen LogP contribution in [0.15, 0.2) is 71.4 Å². The van der Waals surface area contributed by atoms with Gasteiger partial charge in [0.1, 0.15) is 11.7 Å². The van der Waals surface area contributed by atoms with Gasteiger partial charge in [-0.15, -0.1) is 0 Å². The molecule has 2 rings (SSSR count). The molecule has 0 bridgehead atoms. The van der Waals surface area contributed by atoms with E-state index in [0.717, 1.165) is 44.1 Å². The van der Waals surface area contributed by atoms with Crippen LogP contribution >= 0.6 is 0 Å². The van der Waals surface area contributed by atoms with Crippen LogP contribution < -0.4 is 0 Å². The Bertz CT molecular complexity index is 643. The highest BCUT2D eigenvalue weighted by Gasteiger charge is 2.14. The Morgan fingerprint density at radius 3 is 2.73 bits per heavy atom. The molecule has 1 unspecified atom stereocenters. The minimum absolute atomic E-state index is 0.0296. The molecule has 2 heteroatoms. The van der Waals surface area contributed by atoms with Crippen LogP contribution in [0.2, 0.25) is 0 Å². The Morgan fingerprint density at radius 2 is 2.08 bits per heavy atom. The van der Waals surface area contributed by atoms with Crippen LogP contribution in [0, 0.1) is 11.8 Å². The van der Waals surface area contributed by atoms with Crippen LogP contribution in [-0.2, 0) is 0 Å². The molecular weight excluding hydrogens is 326 g/mol. The zero-order chi connectivity index (χ0) is 18.9. The van der Waals surface area contributed by atoms with Crippen molar-refractivity contribution >= 4 is 0 Å². The van der Waals surface area contributed by atoms with Crippen LogP contribution in [-0.4, -0.2) is 0 Å². The Hall–Kier alpha value is -1.70. The van der Waals surface area contributed by atoms with E-state index in [-0.39, 0.29) is 23.5 Å². The summed E-state index contributed by atoms with van der Waals surface area (Å²) in [6.07, 6.45) is 19.1. The van der Waals surface area contributed by atoms with Crippen LogP contribution in [0.3, 0.4) is 0 Å². The van der Waals surface area contributed by atoms with Gasteiger partial charge in [-0.3, -0.25) is 0 Å². The second kappa shape index (κ2) is 10.4. The molecule has 0 saturated carbocycles. The van der Waals surface area contributed by atoms with Crippen molar-refractivity contribution in [2.24, 2.45) is 11.8 Å². The molecule has 0 heterocycles. The van der Waals surface area contributed by atoms with Crippen molar-refractivity contribution in [3.05, 3.63) is 71.4 Å². The highest BCUT2D eigenvalue weighted by atomic mass is 19.1. The quantitative estimate of drug-likeness (QED) is 0.365. The molecule has 0 radical (unpaired) electrons. The molecule has 0 aromatic rings. The number of hydrogen-bond donors (Lipinski definition) is 0. The van der Waals surface area contributed by atoms with E-state index in [9.17, 15) is 8.78 Å². The van der Waals surface area contributed by atoms with Gasteiger partial charge in [0.2, 0.25) is 0 Å². The average Bonchev–Trinajstić information content (AvgIpc) is 2.66. The van der Waals surface area contributed by atoms with E-state index in [1.807, 2.05) is 6.92 Å². The SMILES string of the molecule is C=C(CCC1=CC[C@H](C)C(F)=C1)/C(F)=C\C(CC)CCC1=CCCC=C1. The first kappa shape index (κ1) is 20.6. The summed E-state index contributed by atoms with van der Waals surface area (Å²) in [6.45, 7) is 7.88. The third-order valence-corrected chi connectivity index (χ3v) is 5.36. The van der Waals surface area contributed by atoms with E-state index in [2.05, 4.69) is 37.8 Å². The first-order valence-corrected chi connectivity index (χ1v) is 9.96. The summed E-state index contributed by atoms with van der Waals surface area (Å²) in [5.74, 6) is -0.0615. The van der Waals surface area contributed by atoms with Gasteiger partial charge in [0.15, 0.2) is 0 Å². The largest absolute Gasteiger partial charge is 0.212 e. The van der Waals surface area contributed by atoms with Gasteiger partial charge in [0.05, 0.1) is 0 Å². The number of rotatable bonds is 9. The summed E-state index contributed by atoms with van der Waals surface area (Å²) in [5, 5.41) is 0. The summed E-state index contributed by atoms with van der Waals surface area (Å²) >= 11 is 0. The average molecular weight is 359 g/mol. The Kier molecular flexibility index (Phi) is 8.28. The lowest BCUT2D eigenvalue weighted by Crippen LogP contribution is -2.01. The zero-order valence-corrected chi connectivity index (χ0v) is 16.2. The second-order valence-electron chi connectivity index (χ2n) is 7.53. The minimum atomic E-state index is -0.195. The minimum Gasteiger partial charge on any atom is -0.212 e. The van der Waals surface area contributed by atoms with Gasteiger partial charge in [-0.05, 0) is 80.6 Å². The maximum absolute atomic E-state index is 14.5. The fourth-order valence-electron chi connectivity index (χ4n) is 3.34. The van der Waals surface area contributed by atoms with Gasteiger partial charge in [0.25, 0.3) is 0 Å². The zero-order valence-electron chi connectivity index (χ0n) is 16.2. The van der Waals surface area contributed by atoms with E-state index in [0.29, 0.717) is 18.4 Å². The van der Waals surface area contributed by atoms with E-state index >= 15 is 0 Å². The summed E-state index contributed by atoms with van der Waals surface area (Å²) in [7, 11) is 0. The maximum Gasteiger partial charge on any atom is 0.122 e. The third-order valence-electron chi connectivity index (χ3n) is 5.36. The van der Waals surface area contributed by atoms with Crippen LogP contribution in [0.5, 0.6) is 0 Å². The molecule has 0 fully saturated rings. The fourth-order valence-corrected chi connectivity index (χ4v) is 3.34. The molecule has 2 atom stereocenters. The molecule has 0 aliphatic heterocycles. The van der Waals surface area contributed by atoms with E-state index in [1.54, 1.807) is 12.2 Å². The third kappa shape index (κ3) is 6.55. The van der Waals surface area contributed by atoms with Gasteiger partial charge < -0.3 is 0 Å². The van der Waals surface area contributed by atoms with E-state index in [4.69, 9.17) is 0 Å². The standard InChI is InChI=1S/C24H32F2/c1-4-20(14-15-21-8-6-5-7-9-21)16-23(25)18(2)10-12-22-13-11-19(3)24(26)17-22/h6,8-9,13,16-17,19-20H,2,4-5,7,10-12,14-15H2,1,3H3/b23-16+/t19-,20?/m0/s1. The monoisotopic (exact) mass is 358 g/mol. The van der Waals surface area contributed by atoms with Crippen LogP contribution in [0.25, 0.3) is 0 Å². The van der Waals surface area contributed by atoms with E-state index in [1.165, 1.54) is 5.57 Å². The molecule has 2 aliphatic carbocycles.